The molecule has 1 saturated heterocycles. The van der Waals surface area contributed by atoms with E-state index < -0.39 is 0 Å². The molecule has 0 bridgehead atoms. The molecule has 3 N–H and O–H groups in total. The Morgan fingerprint density at radius 2 is 1.78 bits per heavy atom. The number of rotatable bonds is 6. The Balaban J connectivity index is 1.14. The predicted octanol–water partition coefficient (Wildman–Crippen LogP) is 2.71. The second-order valence-electron chi connectivity index (χ2n) is 8.15. The van der Waals surface area contributed by atoms with Crippen molar-refractivity contribution in [2.75, 3.05) is 0 Å². The van der Waals surface area contributed by atoms with Crippen LogP contribution in [0.4, 0.5) is 8.78 Å². The fraction of sp³-hybridized carbons (Fsp3) is 0.304. The molecule has 3 unspecified atom stereocenters. The average Bonchev–Trinajstić information content (AvgIpc) is 3.41. The van der Waals surface area contributed by atoms with Crippen LogP contribution >= 0.6 is 0 Å². The second-order valence-corrected chi connectivity index (χ2v) is 8.15. The summed E-state index contributed by atoms with van der Waals surface area (Å²) in [5, 5.41) is 9.39. The van der Waals surface area contributed by atoms with Gasteiger partial charge >= 0.3 is 0 Å². The van der Waals surface area contributed by atoms with E-state index in [2.05, 4.69) is 31.2 Å². The van der Waals surface area contributed by atoms with Crippen molar-refractivity contribution >= 4 is 11.7 Å². The highest BCUT2D eigenvalue weighted by atomic mass is 19.1. The number of hydrogen-bond donors (Lipinski definition) is 3. The Hall–Kier alpha value is -3.46. The fourth-order valence-corrected chi connectivity index (χ4v) is 4.34. The molecule has 0 saturated carbocycles. The van der Waals surface area contributed by atoms with Gasteiger partial charge in [-0.1, -0.05) is 24.3 Å². The molecule has 3 atom stereocenters. The molecule has 2 aromatic carbocycles. The number of amides is 1. The van der Waals surface area contributed by atoms with Crippen LogP contribution in [0.15, 0.2) is 66.0 Å². The van der Waals surface area contributed by atoms with Crippen molar-refractivity contribution in [3.8, 4) is 0 Å². The summed E-state index contributed by atoms with van der Waals surface area (Å²) < 4.78 is 26.2. The molecule has 166 valence electrons. The number of fused-ring (bicyclic) bond motifs is 3. The van der Waals surface area contributed by atoms with Crippen LogP contribution in [0.2, 0.25) is 0 Å². The average molecular weight is 438 g/mol. The second kappa shape index (κ2) is 8.58. The Morgan fingerprint density at radius 3 is 2.53 bits per heavy atom. The topological polar surface area (TPSA) is 72.0 Å². The van der Waals surface area contributed by atoms with Crippen molar-refractivity contribution in [2.45, 2.75) is 44.1 Å². The molecule has 7 nitrogen and oxygen atoms in total. The summed E-state index contributed by atoms with van der Waals surface area (Å²) in [6.07, 6.45) is 5.55. The van der Waals surface area contributed by atoms with Crippen LogP contribution in [0.25, 0.3) is 0 Å². The van der Waals surface area contributed by atoms with E-state index in [1.165, 1.54) is 24.3 Å². The van der Waals surface area contributed by atoms with E-state index in [9.17, 15) is 13.6 Å². The highest BCUT2D eigenvalue weighted by Crippen LogP contribution is 2.34. The van der Waals surface area contributed by atoms with Crippen molar-refractivity contribution < 1.29 is 13.6 Å². The number of benzene rings is 2. The molecule has 0 spiro atoms. The lowest BCUT2D eigenvalue weighted by molar-refractivity contribution is -0.121. The maximum Gasteiger partial charge on any atom is 0.220 e. The smallest absolute Gasteiger partial charge is 0.220 e. The summed E-state index contributed by atoms with van der Waals surface area (Å²) in [6.45, 7) is 0.365. The van der Waals surface area contributed by atoms with Gasteiger partial charge in [-0.05, 0) is 41.8 Å². The normalized spacial score (nSPS) is 23.4. The number of amidine groups is 1. The molecule has 9 heteroatoms. The zero-order valence-corrected chi connectivity index (χ0v) is 17.3. The highest BCUT2D eigenvalue weighted by molar-refractivity contribution is 5.89. The molecular weight excluding hydrogens is 414 g/mol. The van der Waals surface area contributed by atoms with Gasteiger partial charge in [-0.15, -0.1) is 0 Å². The van der Waals surface area contributed by atoms with Crippen LogP contribution in [0, 0.1) is 11.6 Å². The lowest BCUT2D eigenvalue weighted by Crippen LogP contribution is -2.54. The number of nitrogens with one attached hydrogen (secondary N) is 3. The van der Waals surface area contributed by atoms with Crippen molar-refractivity contribution in [3.63, 3.8) is 0 Å². The molecule has 32 heavy (non-hydrogen) atoms. The molecule has 1 amide bonds. The molecule has 2 aromatic rings. The number of carbonyl (C=O) groups excluding carboxylic acids is 1. The first-order valence-electron chi connectivity index (χ1n) is 10.7. The summed E-state index contributed by atoms with van der Waals surface area (Å²) in [4.78, 5) is 14.3. The number of hydrogen-bond acceptors (Lipinski definition) is 6. The molecule has 3 heterocycles. The molecule has 0 aliphatic carbocycles. The number of hydrazone groups is 1. The standard InChI is InChI=1S/C23H24F2N6O/c24-17-5-1-15(2-6-17)14-26-22(32)10-9-21-27-28-23-20-13-19(16-3-7-18(25)8-4-16)29-31(20)12-11-30(21)23/h1-8,11-12,19-20,23,28-29H,9-10,13-14H2,(H,26,32). The Morgan fingerprint density at radius 1 is 1.06 bits per heavy atom. The minimum absolute atomic E-state index is 0.0322. The van der Waals surface area contributed by atoms with E-state index >= 15 is 0 Å². The van der Waals surface area contributed by atoms with E-state index in [1.54, 1.807) is 12.1 Å². The van der Waals surface area contributed by atoms with Crippen molar-refractivity contribution in [3.05, 3.63) is 83.7 Å². The number of carbonyl (C=O) groups is 1. The van der Waals surface area contributed by atoms with E-state index in [0.29, 0.717) is 19.4 Å². The summed E-state index contributed by atoms with van der Waals surface area (Å²) in [5.41, 5.74) is 8.55. The van der Waals surface area contributed by atoms with Gasteiger partial charge in [0.05, 0.1) is 12.1 Å². The quantitative estimate of drug-likeness (QED) is 0.647. The molecule has 0 aromatic heterocycles. The van der Waals surface area contributed by atoms with Gasteiger partial charge in [-0.2, -0.15) is 5.10 Å². The summed E-state index contributed by atoms with van der Waals surface area (Å²) in [6, 6.07) is 12.9. The first kappa shape index (κ1) is 20.4. The van der Waals surface area contributed by atoms with E-state index in [4.69, 9.17) is 0 Å². The van der Waals surface area contributed by atoms with Gasteiger partial charge in [0.2, 0.25) is 5.91 Å². The monoisotopic (exact) mass is 438 g/mol. The Kier molecular flexibility index (Phi) is 5.48. The molecule has 5 rings (SSSR count). The van der Waals surface area contributed by atoms with Crippen LogP contribution in [0.3, 0.4) is 0 Å². The van der Waals surface area contributed by atoms with Crippen molar-refractivity contribution in [2.24, 2.45) is 5.10 Å². The maximum atomic E-state index is 13.3. The van der Waals surface area contributed by atoms with Crippen LogP contribution in [0.1, 0.15) is 36.4 Å². The van der Waals surface area contributed by atoms with Crippen LogP contribution in [0.5, 0.6) is 0 Å². The first-order chi connectivity index (χ1) is 15.6. The fourth-order valence-electron chi connectivity index (χ4n) is 4.34. The van der Waals surface area contributed by atoms with Gasteiger partial charge in [0.1, 0.15) is 23.6 Å². The lowest BCUT2D eigenvalue weighted by atomic mass is 9.99. The van der Waals surface area contributed by atoms with Crippen LogP contribution < -0.4 is 16.2 Å². The predicted molar refractivity (Wildman–Crippen MR) is 115 cm³/mol. The third-order valence-corrected chi connectivity index (χ3v) is 6.07. The van der Waals surface area contributed by atoms with Crippen LogP contribution in [-0.2, 0) is 11.3 Å². The van der Waals surface area contributed by atoms with Gasteiger partial charge in [0.25, 0.3) is 0 Å². The van der Waals surface area contributed by atoms with Crippen molar-refractivity contribution in [1.82, 2.24) is 26.1 Å². The third kappa shape index (κ3) is 4.16. The SMILES string of the molecule is O=C(CCC1=NNC2C3CC(c4ccc(F)cc4)NN3C=CN12)NCc1ccc(F)cc1. The summed E-state index contributed by atoms with van der Waals surface area (Å²) in [7, 11) is 0. The minimum Gasteiger partial charge on any atom is -0.352 e. The highest BCUT2D eigenvalue weighted by Gasteiger charge is 2.44. The van der Waals surface area contributed by atoms with Gasteiger partial charge < -0.3 is 15.2 Å². The molecule has 1 fully saturated rings. The van der Waals surface area contributed by atoms with Crippen LogP contribution in [-0.4, -0.2) is 33.9 Å². The van der Waals surface area contributed by atoms with E-state index in [1.807, 2.05) is 24.5 Å². The number of hydrazine groups is 1. The largest absolute Gasteiger partial charge is 0.352 e. The summed E-state index contributed by atoms with van der Waals surface area (Å²) in [5.74, 6) is 0.193. The van der Waals surface area contributed by atoms with E-state index in [0.717, 1.165) is 23.4 Å². The zero-order valence-electron chi connectivity index (χ0n) is 17.3. The Labute approximate surface area is 184 Å². The summed E-state index contributed by atoms with van der Waals surface area (Å²) >= 11 is 0. The lowest BCUT2D eigenvalue weighted by Gasteiger charge is -2.37. The van der Waals surface area contributed by atoms with Gasteiger partial charge in [-0.25, -0.2) is 14.2 Å². The van der Waals surface area contributed by atoms with Gasteiger partial charge in [-0.3, -0.25) is 10.2 Å². The minimum atomic E-state index is -0.295. The third-order valence-electron chi connectivity index (χ3n) is 6.07. The molecular formula is C23H24F2N6O. The first-order valence-corrected chi connectivity index (χ1v) is 10.7. The molecule has 3 aliphatic rings. The Bertz CT molecular complexity index is 1040. The van der Waals surface area contributed by atoms with Gasteiger partial charge in [0, 0.05) is 31.8 Å². The molecule has 3 aliphatic heterocycles. The van der Waals surface area contributed by atoms with Crippen molar-refractivity contribution in [1.29, 1.82) is 0 Å². The number of halogens is 2. The van der Waals surface area contributed by atoms with Gasteiger partial charge in [0.15, 0.2) is 0 Å². The molecule has 0 radical (unpaired) electrons. The number of nitrogens with zero attached hydrogens (tertiary/aromatic N) is 3. The van der Waals surface area contributed by atoms with E-state index in [-0.39, 0.29) is 35.8 Å². The maximum absolute atomic E-state index is 13.3. The zero-order chi connectivity index (χ0) is 22.1.